The Kier molecular flexibility index (Phi) is 5.01. The van der Waals surface area contributed by atoms with E-state index in [-0.39, 0.29) is 47.1 Å². The fraction of sp³-hybridized carbons (Fsp3) is 0.350. The van der Waals surface area contributed by atoms with Crippen molar-refractivity contribution in [3.8, 4) is 11.4 Å². The lowest BCUT2D eigenvalue weighted by Crippen LogP contribution is -2.38. The molecule has 172 valence electrons. The highest BCUT2D eigenvalue weighted by Crippen LogP contribution is 2.36. The molecule has 1 aliphatic heterocycles. The predicted octanol–water partition coefficient (Wildman–Crippen LogP) is 2.53. The Balaban J connectivity index is 1.73. The number of hydrogen-bond acceptors (Lipinski definition) is 8. The molecular formula is C20H19F3N8O2. The number of alkyl halides is 3. The first-order valence-electron chi connectivity index (χ1n) is 10.2. The number of carbonyl (C=O) groups excluding carboxylic acids is 1. The van der Waals surface area contributed by atoms with Crippen LogP contribution in [-0.2, 0) is 18.0 Å². The molecule has 3 aromatic heterocycles. The summed E-state index contributed by atoms with van der Waals surface area (Å²) in [5, 5.41) is 22.6. The van der Waals surface area contributed by atoms with Crippen LogP contribution in [0.4, 0.5) is 19.1 Å². The van der Waals surface area contributed by atoms with Crippen LogP contribution in [0, 0.1) is 0 Å². The Hall–Kier alpha value is -3.58. The van der Waals surface area contributed by atoms with Crippen LogP contribution < -0.4 is 5.32 Å². The van der Waals surface area contributed by atoms with Crippen molar-refractivity contribution < 1.29 is 23.2 Å². The molecule has 10 nitrogen and oxygen atoms in total. The maximum absolute atomic E-state index is 13.7. The summed E-state index contributed by atoms with van der Waals surface area (Å²) in [5.41, 5.74) is -0.520. The molecule has 0 aliphatic carbocycles. The normalized spacial score (nSPS) is 18.2. The molecule has 5 rings (SSSR count). The minimum atomic E-state index is -4.64. The summed E-state index contributed by atoms with van der Waals surface area (Å²) < 4.78 is 44.1. The second-order valence-electron chi connectivity index (χ2n) is 7.89. The minimum absolute atomic E-state index is 0.0366. The van der Waals surface area contributed by atoms with Crippen molar-refractivity contribution in [2.75, 3.05) is 18.4 Å². The number of nitrogens with zero attached hydrogens (tertiary/aromatic N) is 7. The van der Waals surface area contributed by atoms with Gasteiger partial charge < -0.3 is 10.5 Å². The smallest absolute Gasteiger partial charge is 0.343 e. The molecule has 0 amide bonds. The van der Waals surface area contributed by atoms with Gasteiger partial charge in [-0.1, -0.05) is 6.07 Å². The maximum atomic E-state index is 13.7. The number of halogens is 3. The number of Topliss-reactive ketones (excluding diaryl/α,β-unsaturated/α-hetero) is 1. The van der Waals surface area contributed by atoms with Crippen molar-refractivity contribution >= 4 is 28.3 Å². The summed E-state index contributed by atoms with van der Waals surface area (Å²) in [5.74, 6) is -0.0161. The number of nitrogens with one attached hydrogen (secondary N) is 1. The second-order valence-corrected chi connectivity index (χ2v) is 7.89. The first-order valence-corrected chi connectivity index (χ1v) is 10.2. The van der Waals surface area contributed by atoms with Crippen molar-refractivity contribution in [3.63, 3.8) is 0 Å². The van der Waals surface area contributed by atoms with Gasteiger partial charge in [-0.05, 0) is 18.6 Å². The largest absolute Gasteiger partial charge is 0.418 e. The topological polar surface area (TPSA) is 113 Å². The number of para-hydroxylation sites is 1. The Labute approximate surface area is 184 Å². The fourth-order valence-corrected chi connectivity index (χ4v) is 3.91. The zero-order valence-corrected chi connectivity index (χ0v) is 17.4. The van der Waals surface area contributed by atoms with Crippen LogP contribution in [-0.4, -0.2) is 64.5 Å². The second kappa shape index (κ2) is 7.78. The van der Waals surface area contributed by atoms with Crippen molar-refractivity contribution in [2.24, 2.45) is 7.05 Å². The molecule has 1 aliphatic rings. The Morgan fingerprint density at radius 1 is 1.24 bits per heavy atom. The molecule has 1 atom stereocenters. The van der Waals surface area contributed by atoms with Crippen LogP contribution in [0.1, 0.15) is 18.4 Å². The quantitative estimate of drug-likeness (QED) is 0.480. The van der Waals surface area contributed by atoms with Gasteiger partial charge in [0.05, 0.1) is 29.4 Å². The standard InChI is InChI=1S/C20H19F3N8O2/c1-29-9-11(8-24-29)17-27-18-12-4-2-5-13(20(21,22)23)16(12)26-19(31(18)28-17)25-14-10-30(33)7-3-6-15(14)32/h2,4-5,8-9,14,33H,3,6-7,10H2,1H3,(H,25,26)/t14-/m1/s1. The number of rotatable bonds is 3. The zero-order chi connectivity index (χ0) is 23.3. The third kappa shape index (κ3) is 3.89. The number of fused-ring (bicyclic) bond motifs is 3. The number of benzene rings is 1. The molecule has 0 unspecified atom stereocenters. The molecule has 0 bridgehead atoms. The fourth-order valence-electron chi connectivity index (χ4n) is 3.91. The molecule has 0 saturated carbocycles. The molecule has 1 aromatic carbocycles. The maximum Gasteiger partial charge on any atom is 0.418 e. The van der Waals surface area contributed by atoms with Gasteiger partial charge in [0.15, 0.2) is 17.3 Å². The molecule has 13 heteroatoms. The Morgan fingerprint density at radius 2 is 2.06 bits per heavy atom. The number of ketones is 1. The summed E-state index contributed by atoms with van der Waals surface area (Å²) in [6.07, 6.45) is -0.735. The van der Waals surface area contributed by atoms with E-state index in [1.165, 1.54) is 22.8 Å². The third-order valence-corrected chi connectivity index (χ3v) is 5.50. The van der Waals surface area contributed by atoms with Gasteiger partial charge in [0.2, 0.25) is 5.95 Å². The average Bonchev–Trinajstić information content (AvgIpc) is 3.35. The highest BCUT2D eigenvalue weighted by atomic mass is 19.4. The Morgan fingerprint density at radius 3 is 2.79 bits per heavy atom. The van der Waals surface area contributed by atoms with Gasteiger partial charge in [-0.15, -0.1) is 5.10 Å². The monoisotopic (exact) mass is 460 g/mol. The number of aromatic nitrogens is 6. The average molecular weight is 460 g/mol. The molecule has 1 saturated heterocycles. The number of aryl methyl sites for hydroxylation is 1. The van der Waals surface area contributed by atoms with Gasteiger partial charge in [0, 0.05) is 31.6 Å². The minimum Gasteiger partial charge on any atom is -0.343 e. The lowest BCUT2D eigenvalue weighted by Gasteiger charge is -2.20. The van der Waals surface area contributed by atoms with Crippen molar-refractivity contribution in [1.82, 2.24) is 34.4 Å². The number of hydroxylamine groups is 2. The van der Waals surface area contributed by atoms with Crippen LogP contribution in [0.15, 0.2) is 30.6 Å². The highest BCUT2D eigenvalue weighted by molar-refractivity contribution is 5.95. The van der Waals surface area contributed by atoms with Crippen LogP contribution in [0.2, 0.25) is 0 Å². The van der Waals surface area contributed by atoms with Gasteiger partial charge in [0.25, 0.3) is 0 Å². The van der Waals surface area contributed by atoms with E-state index in [0.29, 0.717) is 18.5 Å². The van der Waals surface area contributed by atoms with Crippen LogP contribution in [0.25, 0.3) is 27.9 Å². The van der Waals surface area contributed by atoms with Gasteiger partial charge in [-0.25, -0.2) is 9.97 Å². The van der Waals surface area contributed by atoms with E-state index in [0.717, 1.165) is 11.1 Å². The third-order valence-electron chi connectivity index (χ3n) is 5.50. The van der Waals surface area contributed by atoms with E-state index in [4.69, 9.17) is 0 Å². The predicted molar refractivity (Wildman–Crippen MR) is 111 cm³/mol. The van der Waals surface area contributed by atoms with Crippen LogP contribution >= 0.6 is 0 Å². The molecule has 4 aromatic rings. The van der Waals surface area contributed by atoms with Crippen molar-refractivity contribution in [1.29, 1.82) is 0 Å². The zero-order valence-electron chi connectivity index (χ0n) is 17.4. The van der Waals surface area contributed by atoms with Gasteiger partial charge >= 0.3 is 6.18 Å². The first kappa shape index (κ1) is 21.3. The molecule has 4 heterocycles. The van der Waals surface area contributed by atoms with E-state index in [1.54, 1.807) is 17.9 Å². The Bertz CT molecular complexity index is 1360. The number of hydrogen-bond donors (Lipinski definition) is 2. The summed E-state index contributed by atoms with van der Waals surface area (Å²) in [7, 11) is 1.72. The number of carbonyl (C=O) groups is 1. The number of anilines is 1. The molecule has 2 N–H and O–H groups in total. The molecular weight excluding hydrogens is 441 g/mol. The van der Waals surface area contributed by atoms with E-state index in [2.05, 4.69) is 25.5 Å². The molecule has 0 radical (unpaired) electrons. The first-order chi connectivity index (χ1) is 15.7. The van der Waals surface area contributed by atoms with E-state index >= 15 is 0 Å². The van der Waals surface area contributed by atoms with E-state index in [9.17, 15) is 23.2 Å². The lowest BCUT2D eigenvalue weighted by molar-refractivity contribution is -0.136. The van der Waals surface area contributed by atoms with Crippen molar-refractivity contribution in [2.45, 2.75) is 25.1 Å². The van der Waals surface area contributed by atoms with Crippen LogP contribution in [0.5, 0.6) is 0 Å². The summed E-state index contributed by atoms with van der Waals surface area (Å²) in [6.45, 7) is 0.280. The molecule has 33 heavy (non-hydrogen) atoms. The summed E-state index contributed by atoms with van der Waals surface area (Å²) >= 11 is 0. The lowest BCUT2D eigenvalue weighted by atomic mass is 10.1. The summed E-state index contributed by atoms with van der Waals surface area (Å²) in [6, 6.07) is 2.84. The van der Waals surface area contributed by atoms with E-state index < -0.39 is 17.8 Å². The SMILES string of the molecule is Cn1cc(-c2nc3c4cccc(C(F)(F)F)c4nc(N[C@@H]4CN(O)CCCC4=O)n3n2)cn1. The molecule has 0 spiro atoms. The van der Waals surface area contributed by atoms with Crippen molar-refractivity contribution in [3.05, 3.63) is 36.2 Å². The van der Waals surface area contributed by atoms with Crippen LogP contribution in [0.3, 0.4) is 0 Å². The van der Waals surface area contributed by atoms with Gasteiger partial charge in [-0.3, -0.25) is 9.48 Å². The van der Waals surface area contributed by atoms with Gasteiger partial charge in [0.1, 0.15) is 6.04 Å². The van der Waals surface area contributed by atoms with Gasteiger partial charge in [-0.2, -0.15) is 27.8 Å². The highest BCUT2D eigenvalue weighted by Gasteiger charge is 2.34. The summed E-state index contributed by atoms with van der Waals surface area (Å²) in [4.78, 5) is 21.2. The molecule has 1 fully saturated rings. The van der Waals surface area contributed by atoms with E-state index in [1.807, 2.05) is 0 Å².